The van der Waals surface area contributed by atoms with E-state index in [1.165, 1.54) is 18.8 Å². The second-order valence-corrected chi connectivity index (χ2v) is 4.29. The van der Waals surface area contributed by atoms with E-state index in [2.05, 4.69) is 0 Å². The molecule has 0 N–H and O–H groups in total. The van der Waals surface area contributed by atoms with Gasteiger partial charge in [-0.25, -0.2) is 4.39 Å². The van der Waals surface area contributed by atoms with E-state index in [1.807, 2.05) is 0 Å². The monoisotopic (exact) mass is 210 g/mol. The highest BCUT2D eigenvalue weighted by atomic mass is 31.2. The van der Waals surface area contributed by atoms with Crippen molar-refractivity contribution in [3.05, 3.63) is 11.9 Å². The molecule has 0 rings (SSSR count). The highest BCUT2D eigenvalue weighted by Crippen LogP contribution is 2.49. The smallest absolute Gasteiger partial charge is 0.306 e. The van der Waals surface area contributed by atoms with Gasteiger partial charge >= 0.3 is 7.60 Å². The fraction of sp³-hybridized carbons (Fsp3) is 0.750. The summed E-state index contributed by atoms with van der Waals surface area (Å²) >= 11 is 0. The lowest BCUT2D eigenvalue weighted by molar-refractivity contribution is 0.228. The summed E-state index contributed by atoms with van der Waals surface area (Å²) < 4.78 is 33.8. The van der Waals surface area contributed by atoms with E-state index in [1.54, 1.807) is 13.8 Å². The predicted molar refractivity (Wildman–Crippen MR) is 50.6 cm³/mol. The first kappa shape index (κ1) is 12.8. The van der Waals surface area contributed by atoms with Crippen LogP contribution in [0.3, 0.4) is 0 Å². The van der Waals surface area contributed by atoms with Crippen LogP contribution in [0.5, 0.6) is 0 Å². The van der Waals surface area contributed by atoms with Crippen LogP contribution in [0.4, 0.5) is 4.39 Å². The molecule has 5 heteroatoms. The zero-order valence-corrected chi connectivity index (χ0v) is 9.09. The quantitative estimate of drug-likeness (QED) is 0.632. The van der Waals surface area contributed by atoms with Gasteiger partial charge in [-0.3, -0.25) is 4.57 Å². The molecule has 0 aromatic rings. The molecule has 0 saturated heterocycles. The lowest BCUT2D eigenvalue weighted by atomic mass is 10.4. The summed E-state index contributed by atoms with van der Waals surface area (Å²) in [5, 5.41) is 0. The van der Waals surface area contributed by atoms with Crippen molar-refractivity contribution in [2.75, 3.05) is 13.2 Å². The molecule has 1 unspecified atom stereocenters. The fourth-order valence-electron chi connectivity index (χ4n) is 0.707. The molecule has 78 valence electrons. The molecule has 1 atom stereocenters. The van der Waals surface area contributed by atoms with Gasteiger partial charge < -0.3 is 9.05 Å². The molecular weight excluding hydrogens is 194 g/mol. The number of hydrogen-bond donors (Lipinski definition) is 0. The third-order valence-electron chi connectivity index (χ3n) is 1.15. The van der Waals surface area contributed by atoms with Crippen molar-refractivity contribution in [2.45, 2.75) is 26.9 Å². The van der Waals surface area contributed by atoms with Gasteiger partial charge in [0.25, 0.3) is 0 Å². The van der Waals surface area contributed by atoms with E-state index in [0.717, 1.165) is 0 Å². The van der Waals surface area contributed by atoms with Gasteiger partial charge in [-0.1, -0.05) is 0 Å². The second-order valence-electron chi connectivity index (χ2n) is 2.39. The molecule has 0 heterocycles. The van der Waals surface area contributed by atoms with Crippen molar-refractivity contribution >= 4 is 7.60 Å². The molecule has 0 aromatic heterocycles. The first-order chi connectivity index (χ1) is 6.04. The summed E-state index contributed by atoms with van der Waals surface area (Å²) in [6, 6.07) is 0. The summed E-state index contributed by atoms with van der Waals surface area (Å²) in [5.41, 5.74) is 0. The third kappa shape index (κ3) is 5.97. The predicted octanol–water partition coefficient (Wildman–Crippen LogP) is 3.12. The van der Waals surface area contributed by atoms with Crippen LogP contribution in [0, 0.1) is 0 Å². The van der Waals surface area contributed by atoms with E-state index >= 15 is 0 Å². The third-order valence-corrected chi connectivity index (χ3v) is 2.93. The Bertz CT molecular complexity index is 194. The van der Waals surface area contributed by atoms with Crippen molar-refractivity contribution in [2.24, 2.45) is 0 Å². The van der Waals surface area contributed by atoms with E-state index in [4.69, 9.17) is 9.05 Å². The lowest BCUT2D eigenvalue weighted by Gasteiger charge is -2.12. The number of hydrogen-bond acceptors (Lipinski definition) is 3. The molecule has 0 aliphatic heterocycles. The van der Waals surface area contributed by atoms with Gasteiger partial charge in [0.15, 0.2) is 0 Å². The van der Waals surface area contributed by atoms with Crippen LogP contribution in [0.2, 0.25) is 0 Å². The van der Waals surface area contributed by atoms with Gasteiger partial charge in [0.1, 0.15) is 6.17 Å². The number of alkyl halides is 1. The Hall–Kier alpha value is -0.180. The minimum atomic E-state index is -3.19. The van der Waals surface area contributed by atoms with Crippen LogP contribution in [-0.2, 0) is 13.6 Å². The minimum absolute atomic E-state index is 0.280. The summed E-state index contributed by atoms with van der Waals surface area (Å²) in [6.45, 7) is 5.32. The minimum Gasteiger partial charge on any atom is -0.306 e. The summed E-state index contributed by atoms with van der Waals surface area (Å²) in [6.07, 6.45) is 0.0285. The van der Waals surface area contributed by atoms with E-state index in [0.29, 0.717) is 0 Å². The van der Waals surface area contributed by atoms with E-state index in [-0.39, 0.29) is 13.2 Å². The van der Waals surface area contributed by atoms with Crippen LogP contribution in [0.25, 0.3) is 0 Å². The van der Waals surface area contributed by atoms with Gasteiger partial charge in [-0.05, 0) is 26.8 Å². The largest absolute Gasteiger partial charge is 0.353 e. The number of halogens is 1. The van der Waals surface area contributed by atoms with Crippen LogP contribution < -0.4 is 0 Å². The molecule has 0 amide bonds. The molecular formula is C8H16FO3P. The molecule has 0 aromatic carbocycles. The van der Waals surface area contributed by atoms with Gasteiger partial charge in [0, 0.05) is 5.82 Å². The van der Waals surface area contributed by atoms with Gasteiger partial charge in [-0.2, -0.15) is 0 Å². The Morgan fingerprint density at radius 3 is 2.15 bits per heavy atom. The average molecular weight is 210 g/mol. The number of rotatable bonds is 6. The second kappa shape index (κ2) is 6.30. The van der Waals surface area contributed by atoms with Crippen molar-refractivity contribution in [3.63, 3.8) is 0 Å². The Balaban J connectivity index is 4.31. The standard InChI is InChI=1S/C8H16FO3P/c1-4-11-13(10,12-5-2)7-6-8(3)9/h6-8H,4-5H2,1-3H3. The highest BCUT2D eigenvalue weighted by molar-refractivity contribution is 7.57. The first-order valence-corrected chi connectivity index (χ1v) is 5.87. The zero-order chi connectivity index (χ0) is 10.3. The summed E-state index contributed by atoms with van der Waals surface area (Å²) in [7, 11) is -3.19. The van der Waals surface area contributed by atoms with Crippen LogP contribution in [-0.4, -0.2) is 19.4 Å². The maximum atomic E-state index is 12.4. The van der Waals surface area contributed by atoms with Crippen molar-refractivity contribution in [1.82, 2.24) is 0 Å². The highest BCUT2D eigenvalue weighted by Gasteiger charge is 2.18. The zero-order valence-electron chi connectivity index (χ0n) is 8.20. The molecule has 13 heavy (non-hydrogen) atoms. The topological polar surface area (TPSA) is 35.5 Å². The SMILES string of the molecule is CCOP(=O)(C=CC(C)F)OCC. The Morgan fingerprint density at radius 1 is 1.38 bits per heavy atom. The van der Waals surface area contributed by atoms with Crippen LogP contribution in [0.15, 0.2) is 11.9 Å². The molecule has 0 radical (unpaired) electrons. The Kier molecular flexibility index (Phi) is 6.21. The summed E-state index contributed by atoms with van der Waals surface area (Å²) in [5.74, 6) is 1.17. The molecule has 3 nitrogen and oxygen atoms in total. The van der Waals surface area contributed by atoms with Crippen molar-refractivity contribution in [1.29, 1.82) is 0 Å². The molecule has 0 spiro atoms. The van der Waals surface area contributed by atoms with Crippen LogP contribution >= 0.6 is 7.60 Å². The van der Waals surface area contributed by atoms with E-state index < -0.39 is 13.8 Å². The Labute approximate surface area is 78.5 Å². The first-order valence-electron chi connectivity index (χ1n) is 4.26. The summed E-state index contributed by atoms with van der Waals surface area (Å²) in [4.78, 5) is 0. The van der Waals surface area contributed by atoms with Crippen molar-refractivity contribution in [3.8, 4) is 0 Å². The maximum absolute atomic E-state index is 12.4. The fourth-order valence-corrected chi connectivity index (χ4v) is 2.12. The van der Waals surface area contributed by atoms with E-state index in [9.17, 15) is 8.96 Å². The van der Waals surface area contributed by atoms with Gasteiger partial charge in [-0.15, -0.1) is 0 Å². The molecule has 0 fully saturated rings. The molecule has 0 aliphatic rings. The normalized spacial score (nSPS) is 15.1. The van der Waals surface area contributed by atoms with Crippen molar-refractivity contribution < 1.29 is 18.0 Å². The maximum Gasteiger partial charge on any atom is 0.353 e. The van der Waals surface area contributed by atoms with Crippen LogP contribution in [0.1, 0.15) is 20.8 Å². The van der Waals surface area contributed by atoms with Gasteiger partial charge in [0.2, 0.25) is 0 Å². The lowest BCUT2D eigenvalue weighted by Crippen LogP contribution is -1.94. The molecule has 0 aliphatic carbocycles. The Morgan fingerprint density at radius 2 is 1.85 bits per heavy atom. The van der Waals surface area contributed by atoms with Gasteiger partial charge in [0.05, 0.1) is 13.2 Å². The molecule has 0 bridgehead atoms. The average Bonchev–Trinajstić information content (AvgIpc) is 2.02. The molecule has 0 saturated carbocycles. The number of allylic oxidation sites excluding steroid dienone is 1.